The fraction of sp³-hybridized carbons (Fsp3) is 0.333. The van der Waals surface area contributed by atoms with Gasteiger partial charge in [-0.15, -0.1) is 0 Å². The highest BCUT2D eigenvalue weighted by molar-refractivity contribution is 6.22. The van der Waals surface area contributed by atoms with E-state index in [1.807, 2.05) is 0 Å². The minimum Gasteiger partial charge on any atom is -0.455 e. The van der Waals surface area contributed by atoms with Gasteiger partial charge < -0.3 is 13.7 Å². The summed E-state index contributed by atoms with van der Waals surface area (Å²) in [6.45, 7) is 24.3. The maximum atomic E-state index is 7.52. The van der Waals surface area contributed by atoms with Crippen LogP contribution >= 0.6 is 0 Å². The first-order valence-corrected chi connectivity index (χ1v) is 46.5. The normalized spacial score (nSPS) is 15.2. The molecular formula is C117H119NO2. The van der Waals surface area contributed by atoms with Crippen molar-refractivity contribution in [2.24, 2.45) is 0 Å². The van der Waals surface area contributed by atoms with Crippen LogP contribution in [0.4, 0.5) is 17.1 Å². The number of benzene rings is 13. The summed E-state index contributed by atoms with van der Waals surface area (Å²) < 4.78 is 14.7. The van der Waals surface area contributed by atoms with Crippen molar-refractivity contribution < 1.29 is 8.83 Å². The molecule has 3 nitrogen and oxygen atoms in total. The fourth-order valence-corrected chi connectivity index (χ4v) is 24.0. The smallest absolute Gasteiger partial charge is 0.144 e. The Hall–Kier alpha value is -10.7. The van der Waals surface area contributed by atoms with Gasteiger partial charge in [0.05, 0.1) is 5.69 Å². The van der Waals surface area contributed by atoms with E-state index in [2.05, 4.69) is 323 Å². The SMILES string of the molecule is CCCCCCCC1(CCCCCCC)c2ccccc2-c2ccc(-c3ccc4c(c3)C(C)(C)c3cc(-c5cc6c(c7c5oc5ccccc57)-c5ccc(N(c7ccc8c(c7)C(C)(C)c7c9c(c%10oc%11ccccc%11c%10c7-8)-c7ccccc7C9(C)C)c7ccccc7-c7ccccc7)cc5C6(CCCCCCC)CCCCCCC)ccc3-4)cc21. The number of furan rings is 2. The summed E-state index contributed by atoms with van der Waals surface area (Å²) in [5.41, 5.74) is 41.4. The molecule has 15 aromatic rings. The summed E-state index contributed by atoms with van der Waals surface area (Å²) in [5.74, 6) is 0. The molecule has 0 bridgehead atoms. The summed E-state index contributed by atoms with van der Waals surface area (Å²) in [7, 11) is 0. The second kappa shape index (κ2) is 31.1. The van der Waals surface area contributed by atoms with Crippen molar-refractivity contribution in [3.05, 3.63) is 304 Å². The number of para-hydroxylation sites is 3. The van der Waals surface area contributed by atoms with Crippen LogP contribution in [0.15, 0.2) is 258 Å². The first-order chi connectivity index (χ1) is 58.6. The molecule has 5 aliphatic rings. The zero-order chi connectivity index (χ0) is 81.8. The van der Waals surface area contributed by atoms with Gasteiger partial charge in [-0.25, -0.2) is 0 Å². The van der Waals surface area contributed by atoms with Crippen molar-refractivity contribution in [1.29, 1.82) is 0 Å². The van der Waals surface area contributed by atoms with Gasteiger partial charge in [0.2, 0.25) is 0 Å². The van der Waals surface area contributed by atoms with Crippen molar-refractivity contribution in [3.8, 4) is 89.0 Å². The molecule has 0 amide bonds. The first-order valence-electron chi connectivity index (χ1n) is 46.5. The van der Waals surface area contributed by atoms with Gasteiger partial charge >= 0.3 is 0 Å². The molecule has 0 fully saturated rings. The lowest BCUT2D eigenvalue weighted by molar-refractivity contribution is 0.399. The molecule has 20 rings (SSSR count). The second-order valence-electron chi connectivity index (χ2n) is 38.2. The van der Waals surface area contributed by atoms with Gasteiger partial charge in [-0.2, -0.15) is 0 Å². The van der Waals surface area contributed by atoms with Crippen LogP contribution in [0.3, 0.4) is 0 Å². The van der Waals surface area contributed by atoms with E-state index < -0.39 is 5.41 Å². The molecule has 0 spiro atoms. The maximum absolute atomic E-state index is 7.52. The van der Waals surface area contributed by atoms with Crippen LogP contribution in [-0.2, 0) is 27.1 Å². The highest BCUT2D eigenvalue weighted by atomic mass is 16.3. The van der Waals surface area contributed by atoms with Crippen LogP contribution in [0, 0.1) is 0 Å². The van der Waals surface area contributed by atoms with Gasteiger partial charge in [0.15, 0.2) is 0 Å². The third-order valence-corrected chi connectivity index (χ3v) is 30.0. The van der Waals surface area contributed by atoms with Crippen LogP contribution in [0.5, 0.6) is 0 Å². The highest BCUT2D eigenvalue weighted by Crippen LogP contribution is 2.66. The molecule has 2 aromatic heterocycles. The lowest BCUT2D eigenvalue weighted by Gasteiger charge is -2.35. The van der Waals surface area contributed by atoms with Gasteiger partial charge in [0, 0.05) is 76.7 Å². The van der Waals surface area contributed by atoms with Crippen molar-refractivity contribution >= 4 is 60.9 Å². The summed E-state index contributed by atoms with van der Waals surface area (Å²) in [6, 6.07) is 97.3. The number of fused-ring (bicyclic) bond motifs is 25. The average Bonchev–Trinajstić information content (AvgIpc) is 1.50. The van der Waals surface area contributed by atoms with Crippen LogP contribution < -0.4 is 4.90 Å². The number of nitrogens with zero attached hydrogens (tertiary/aromatic N) is 1. The van der Waals surface area contributed by atoms with Gasteiger partial charge in [-0.05, 0) is 220 Å². The molecule has 2 heterocycles. The van der Waals surface area contributed by atoms with Crippen molar-refractivity contribution in [1.82, 2.24) is 0 Å². The summed E-state index contributed by atoms with van der Waals surface area (Å²) in [5, 5.41) is 4.84. The van der Waals surface area contributed by atoms with E-state index in [1.54, 1.807) is 11.1 Å². The number of anilines is 3. The number of rotatable bonds is 30. The van der Waals surface area contributed by atoms with E-state index in [0.717, 1.165) is 59.4 Å². The number of hydrogen-bond acceptors (Lipinski definition) is 3. The molecule has 0 saturated carbocycles. The Labute approximate surface area is 713 Å². The molecule has 0 aliphatic heterocycles. The molecule has 604 valence electrons. The summed E-state index contributed by atoms with van der Waals surface area (Å²) in [4.78, 5) is 2.65. The van der Waals surface area contributed by atoms with E-state index in [1.165, 1.54) is 289 Å². The van der Waals surface area contributed by atoms with E-state index in [4.69, 9.17) is 8.83 Å². The van der Waals surface area contributed by atoms with Crippen molar-refractivity contribution in [2.75, 3.05) is 4.90 Å². The third-order valence-electron chi connectivity index (χ3n) is 30.0. The zero-order valence-corrected chi connectivity index (χ0v) is 72.9. The number of hydrogen-bond donors (Lipinski definition) is 0. The van der Waals surface area contributed by atoms with Gasteiger partial charge in [0.25, 0.3) is 0 Å². The van der Waals surface area contributed by atoms with E-state index in [0.29, 0.717) is 0 Å². The van der Waals surface area contributed by atoms with Gasteiger partial charge in [-0.3, -0.25) is 0 Å². The van der Waals surface area contributed by atoms with Gasteiger partial charge in [0.1, 0.15) is 22.3 Å². The zero-order valence-electron chi connectivity index (χ0n) is 72.9. The molecular weight excluding hydrogens is 1450 g/mol. The Bertz CT molecular complexity index is 6450. The lowest BCUT2D eigenvalue weighted by Crippen LogP contribution is -2.26. The maximum Gasteiger partial charge on any atom is 0.144 e. The minimum atomic E-state index is -0.393. The molecule has 5 aliphatic carbocycles. The van der Waals surface area contributed by atoms with Crippen molar-refractivity contribution in [2.45, 2.75) is 250 Å². The Morgan fingerprint density at radius 2 is 0.642 bits per heavy atom. The molecule has 0 radical (unpaired) electrons. The minimum absolute atomic E-state index is 0.0210. The highest BCUT2D eigenvalue weighted by Gasteiger charge is 2.51. The number of unbranched alkanes of at least 4 members (excludes halogenated alkanes) is 16. The van der Waals surface area contributed by atoms with E-state index in [9.17, 15) is 0 Å². The Balaban J connectivity index is 0.741. The molecule has 0 atom stereocenters. The van der Waals surface area contributed by atoms with E-state index >= 15 is 0 Å². The van der Waals surface area contributed by atoms with Crippen LogP contribution in [0.1, 0.15) is 279 Å². The second-order valence-corrected chi connectivity index (χ2v) is 38.2. The van der Waals surface area contributed by atoms with Crippen LogP contribution in [-0.4, -0.2) is 0 Å². The Kier molecular flexibility index (Phi) is 20.1. The Morgan fingerprint density at radius 1 is 0.250 bits per heavy atom. The predicted octanol–water partition coefficient (Wildman–Crippen LogP) is 34.9. The standard InChI is InChI=1S/C117H119NO2/c1-11-15-19-23-40-66-116(67-41-24-20-16-12-2)94-52-36-30-47-83(94)86-62-57-78(71-98(86)116)77-56-61-84-85-63-58-79(72-96(85)113(5,6)95(84)70-77)92-75-100-104(106-90-49-33-38-54-102(90)119-111(92)106)89-65-60-81(74-99(89)117(100,68-42-25-21-17-13-3)69-43-26-22-18-14-4)118(101-53-37-32-46-82(101)76-44-28-27-29-45-76)80-59-64-88-97(73-80)115(9,10)109-105(88)107-91-50-34-39-55-103(91)120-112(107)108-87-48-31-35-51-93(87)114(7,8)110(108)109/h27-39,44-65,70-75H,11-26,40-43,66-69H2,1-10H3. The predicted molar refractivity (Wildman–Crippen MR) is 511 cm³/mol. The topological polar surface area (TPSA) is 29.5 Å². The molecule has 120 heavy (non-hydrogen) atoms. The average molecular weight is 1570 g/mol. The summed E-state index contributed by atoms with van der Waals surface area (Å²) >= 11 is 0. The van der Waals surface area contributed by atoms with E-state index in [-0.39, 0.29) is 21.7 Å². The van der Waals surface area contributed by atoms with Gasteiger partial charge in [-0.1, -0.05) is 380 Å². The van der Waals surface area contributed by atoms with Crippen LogP contribution in [0.2, 0.25) is 0 Å². The monoisotopic (exact) mass is 1570 g/mol. The molecule has 13 aromatic carbocycles. The third kappa shape index (κ3) is 12.3. The molecule has 0 N–H and O–H groups in total. The summed E-state index contributed by atoms with van der Waals surface area (Å²) in [6.07, 6.45) is 29.7. The van der Waals surface area contributed by atoms with Crippen LogP contribution in [0.25, 0.3) is 133 Å². The van der Waals surface area contributed by atoms with Crippen molar-refractivity contribution in [3.63, 3.8) is 0 Å². The first kappa shape index (κ1) is 77.8. The molecule has 3 heteroatoms. The quantitative estimate of drug-likeness (QED) is 0.0420. The lowest BCUT2D eigenvalue weighted by atomic mass is 9.70. The fourth-order valence-electron chi connectivity index (χ4n) is 24.0. The largest absolute Gasteiger partial charge is 0.455 e. The Morgan fingerprint density at radius 3 is 1.23 bits per heavy atom. The molecule has 0 saturated heterocycles. The molecule has 0 unspecified atom stereocenters.